The lowest BCUT2D eigenvalue weighted by atomic mass is 9.86. The topological polar surface area (TPSA) is 29.5 Å². The molecule has 1 aliphatic rings. The minimum atomic E-state index is 0.0281. The zero-order valence-corrected chi connectivity index (χ0v) is 11.1. The van der Waals surface area contributed by atoms with E-state index in [1.54, 1.807) is 0 Å². The van der Waals surface area contributed by atoms with E-state index in [4.69, 9.17) is 4.74 Å². The van der Waals surface area contributed by atoms with E-state index in [1.807, 2.05) is 19.1 Å². The number of hydrogen-bond acceptors (Lipinski definition) is 2. The highest BCUT2D eigenvalue weighted by Crippen LogP contribution is 2.33. The maximum atomic E-state index is 9.30. The largest absolute Gasteiger partial charge is 0.492 e. The third-order valence-corrected chi connectivity index (χ3v) is 3.71. The summed E-state index contributed by atoms with van der Waals surface area (Å²) in [5.41, 5.74) is 2.00. The van der Waals surface area contributed by atoms with Gasteiger partial charge in [0.1, 0.15) is 5.75 Å². The molecule has 0 saturated heterocycles. The molecule has 0 heterocycles. The van der Waals surface area contributed by atoms with Gasteiger partial charge in [0.25, 0.3) is 0 Å². The van der Waals surface area contributed by atoms with Crippen molar-refractivity contribution in [3.63, 3.8) is 0 Å². The van der Waals surface area contributed by atoms with Gasteiger partial charge in [-0.15, -0.1) is 0 Å². The van der Waals surface area contributed by atoms with Crippen LogP contribution in [0.25, 0.3) is 0 Å². The van der Waals surface area contributed by atoms with Crippen molar-refractivity contribution in [3.05, 3.63) is 27.7 Å². The average molecular weight is 285 g/mol. The Hall–Kier alpha value is -0.540. The van der Waals surface area contributed by atoms with Crippen molar-refractivity contribution in [1.82, 2.24) is 0 Å². The van der Waals surface area contributed by atoms with Gasteiger partial charge in [-0.05, 0) is 59.3 Å². The summed E-state index contributed by atoms with van der Waals surface area (Å²) in [5, 5.41) is 9.30. The predicted molar refractivity (Wildman–Crippen MR) is 67.6 cm³/mol. The van der Waals surface area contributed by atoms with Gasteiger partial charge in [-0.25, -0.2) is 0 Å². The molecule has 3 heteroatoms. The van der Waals surface area contributed by atoms with Crippen molar-refractivity contribution < 1.29 is 9.84 Å². The van der Waals surface area contributed by atoms with Gasteiger partial charge in [-0.3, -0.25) is 0 Å². The van der Waals surface area contributed by atoms with Crippen molar-refractivity contribution in [3.8, 4) is 5.75 Å². The van der Waals surface area contributed by atoms with Crippen LogP contribution in [0.3, 0.4) is 0 Å². The van der Waals surface area contributed by atoms with Crippen molar-refractivity contribution in [2.75, 3.05) is 6.61 Å². The van der Waals surface area contributed by atoms with Crippen LogP contribution in [0.4, 0.5) is 0 Å². The maximum absolute atomic E-state index is 9.30. The Kier molecular flexibility index (Phi) is 3.87. The summed E-state index contributed by atoms with van der Waals surface area (Å²) in [7, 11) is 0. The van der Waals surface area contributed by atoms with Crippen LogP contribution in [0.1, 0.15) is 30.4 Å². The van der Waals surface area contributed by atoms with Gasteiger partial charge in [0.15, 0.2) is 0 Å². The summed E-state index contributed by atoms with van der Waals surface area (Å²) in [6.07, 6.45) is 3.88. The van der Waals surface area contributed by atoms with Gasteiger partial charge >= 0.3 is 0 Å². The Morgan fingerprint density at radius 1 is 1.44 bits per heavy atom. The second kappa shape index (κ2) is 5.19. The number of benzene rings is 1. The fourth-order valence-corrected chi connectivity index (χ4v) is 2.67. The quantitative estimate of drug-likeness (QED) is 0.918. The van der Waals surface area contributed by atoms with Gasteiger partial charge in [0.05, 0.1) is 17.7 Å². The summed E-state index contributed by atoms with van der Waals surface area (Å²) >= 11 is 3.49. The Bertz CT molecular complexity index is 372. The van der Waals surface area contributed by atoms with Crippen LogP contribution in [0.5, 0.6) is 5.75 Å². The number of aryl methyl sites for hydroxylation is 1. The highest BCUT2D eigenvalue weighted by atomic mass is 79.9. The van der Waals surface area contributed by atoms with Crippen molar-refractivity contribution in [2.24, 2.45) is 5.92 Å². The minimum Gasteiger partial charge on any atom is -0.492 e. The third kappa shape index (κ3) is 2.58. The molecule has 1 fully saturated rings. The summed E-state index contributed by atoms with van der Waals surface area (Å²) in [6.45, 7) is 2.81. The Balaban J connectivity index is 2.10. The first-order valence-corrected chi connectivity index (χ1v) is 6.52. The van der Waals surface area contributed by atoms with E-state index in [-0.39, 0.29) is 6.61 Å². The molecule has 1 N–H and O–H groups in total. The van der Waals surface area contributed by atoms with E-state index >= 15 is 0 Å². The Morgan fingerprint density at radius 2 is 2.19 bits per heavy atom. The van der Waals surface area contributed by atoms with Gasteiger partial charge in [0.2, 0.25) is 0 Å². The Morgan fingerprint density at radius 3 is 2.75 bits per heavy atom. The van der Waals surface area contributed by atoms with E-state index in [2.05, 4.69) is 15.9 Å². The van der Waals surface area contributed by atoms with Crippen molar-refractivity contribution in [2.45, 2.75) is 32.8 Å². The highest BCUT2D eigenvalue weighted by molar-refractivity contribution is 9.10. The molecule has 0 bridgehead atoms. The number of ether oxygens (including phenoxy) is 1. The fourth-order valence-electron chi connectivity index (χ4n) is 1.94. The van der Waals surface area contributed by atoms with E-state index in [9.17, 15) is 5.11 Å². The molecule has 2 rings (SSSR count). The lowest BCUT2D eigenvalue weighted by Crippen LogP contribution is -2.19. The summed E-state index contributed by atoms with van der Waals surface area (Å²) < 4.78 is 6.75. The molecule has 0 radical (unpaired) electrons. The predicted octanol–water partition coefficient (Wildman–Crippen LogP) is 3.43. The zero-order chi connectivity index (χ0) is 11.5. The van der Waals surface area contributed by atoms with Crippen LogP contribution < -0.4 is 4.74 Å². The summed E-state index contributed by atoms with van der Waals surface area (Å²) in [5.74, 6) is 1.51. The molecule has 0 aromatic heterocycles. The summed E-state index contributed by atoms with van der Waals surface area (Å²) in [6, 6.07) is 4.00. The number of rotatable bonds is 4. The van der Waals surface area contributed by atoms with E-state index in [0.717, 1.165) is 28.0 Å². The molecule has 0 spiro atoms. The fraction of sp³-hybridized carbons (Fsp3) is 0.538. The smallest absolute Gasteiger partial charge is 0.139 e. The molecule has 1 aromatic carbocycles. The second-order valence-corrected chi connectivity index (χ2v) is 5.36. The first-order valence-electron chi connectivity index (χ1n) is 5.73. The number of aliphatic hydroxyl groups is 1. The van der Waals surface area contributed by atoms with Crippen LogP contribution in [0, 0.1) is 12.8 Å². The molecule has 0 aliphatic heterocycles. The molecule has 16 heavy (non-hydrogen) atoms. The SMILES string of the molecule is Cc1cc(Br)c(OCC2CCC2)c(CO)c1. The molecule has 88 valence electrons. The van der Waals surface area contributed by atoms with E-state index < -0.39 is 0 Å². The van der Waals surface area contributed by atoms with E-state index in [0.29, 0.717) is 5.92 Å². The standard InChI is InChI=1S/C13H17BrO2/c1-9-5-11(7-15)13(12(14)6-9)16-8-10-3-2-4-10/h5-6,10,15H,2-4,7-8H2,1H3. The lowest BCUT2D eigenvalue weighted by Gasteiger charge is -2.26. The summed E-state index contributed by atoms with van der Waals surface area (Å²) in [4.78, 5) is 0. The molecule has 2 nitrogen and oxygen atoms in total. The molecule has 0 unspecified atom stereocenters. The van der Waals surface area contributed by atoms with E-state index in [1.165, 1.54) is 19.3 Å². The molecule has 0 atom stereocenters. The normalized spacial score (nSPS) is 15.9. The third-order valence-electron chi connectivity index (χ3n) is 3.12. The molecular formula is C13H17BrO2. The number of halogens is 1. The van der Waals surface area contributed by atoms with Crippen LogP contribution in [0.2, 0.25) is 0 Å². The molecule has 1 saturated carbocycles. The average Bonchev–Trinajstić information content (AvgIpc) is 2.17. The van der Waals surface area contributed by atoms with Gasteiger partial charge < -0.3 is 9.84 Å². The minimum absolute atomic E-state index is 0.0281. The van der Waals surface area contributed by atoms with Gasteiger partial charge in [-0.1, -0.05) is 6.42 Å². The number of aliphatic hydroxyl groups excluding tert-OH is 1. The van der Waals surface area contributed by atoms with Crippen LogP contribution in [-0.2, 0) is 6.61 Å². The van der Waals surface area contributed by atoms with Crippen LogP contribution in [-0.4, -0.2) is 11.7 Å². The highest BCUT2D eigenvalue weighted by Gasteiger charge is 2.19. The molecule has 1 aromatic rings. The molecule has 0 amide bonds. The van der Waals surface area contributed by atoms with Crippen molar-refractivity contribution in [1.29, 1.82) is 0 Å². The van der Waals surface area contributed by atoms with Crippen molar-refractivity contribution >= 4 is 15.9 Å². The lowest BCUT2D eigenvalue weighted by molar-refractivity contribution is 0.175. The monoisotopic (exact) mass is 284 g/mol. The first kappa shape index (κ1) is 11.9. The zero-order valence-electron chi connectivity index (χ0n) is 9.50. The first-order chi connectivity index (χ1) is 7.70. The number of hydrogen-bond donors (Lipinski definition) is 1. The van der Waals surface area contributed by atoms with Crippen LogP contribution in [0.15, 0.2) is 16.6 Å². The second-order valence-electron chi connectivity index (χ2n) is 4.50. The molecular weight excluding hydrogens is 268 g/mol. The van der Waals surface area contributed by atoms with Gasteiger partial charge in [-0.2, -0.15) is 0 Å². The Labute approximate surface area is 105 Å². The molecule has 1 aliphatic carbocycles. The van der Waals surface area contributed by atoms with Crippen LogP contribution >= 0.6 is 15.9 Å². The van der Waals surface area contributed by atoms with Gasteiger partial charge in [0, 0.05) is 5.56 Å². The maximum Gasteiger partial charge on any atom is 0.139 e.